The quantitative estimate of drug-likeness (QED) is 0.637. The van der Waals surface area contributed by atoms with Crippen LogP contribution in [0.3, 0.4) is 0 Å². The van der Waals surface area contributed by atoms with Gasteiger partial charge in [-0.2, -0.15) is 5.10 Å². The summed E-state index contributed by atoms with van der Waals surface area (Å²) < 4.78 is 6.93. The second kappa shape index (κ2) is 5.34. The Kier molecular flexibility index (Phi) is 3.81. The van der Waals surface area contributed by atoms with E-state index < -0.39 is 0 Å². The van der Waals surface area contributed by atoms with Crippen LogP contribution in [-0.2, 0) is 11.3 Å². The Morgan fingerprint density at radius 2 is 2.44 bits per heavy atom. The zero-order chi connectivity index (χ0) is 13.1. The highest BCUT2D eigenvalue weighted by molar-refractivity contribution is 5.59. The van der Waals surface area contributed by atoms with E-state index in [-0.39, 0.29) is 10.6 Å². The van der Waals surface area contributed by atoms with E-state index in [1.54, 1.807) is 11.6 Å². The summed E-state index contributed by atoms with van der Waals surface area (Å²) in [7, 11) is 0. The van der Waals surface area contributed by atoms with Gasteiger partial charge in [0.1, 0.15) is 5.69 Å². The van der Waals surface area contributed by atoms with Crippen LogP contribution < -0.4 is 5.32 Å². The predicted molar refractivity (Wildman–Crippen MR) is 66.7 cm³/mol. The smallest absolute Gasteiger partial charge is 0.333 e. The number of nitro groups is 1. The molecule has 7 heteroatoms. The van der Waals surface area contributed by atoms with Gasteiger partial charge in [0.15, 0.2) is 0 Å². The Bertz CT molecular complexity index is 438. The van der Waals surface area contributed by atoms with Crippen LogP contribution in [0.2, 0.25) is 0 Å². The van der Waals surface area contributed by atoms with Crippen LogP contribution in [-0.4, -0.2) is 34.5 Å². The molecule has 1 aromatic heterocycles. The summed E-state index contributed by atoms with van der Waals surface area (Å²) in [6.07, 6.45) is 1.00. The lowest BCUT2D eigenvalue weighted by Gasteiger charge is -2.11. The van der Waals surface area contributed by atoms with Crippen molar-refractivity contribution in [1.82, 2.24) is 9.78 Å². The second-order valence-electron chi connectivity index (χ2n) is 4.47. The first-order valence-electron chi connectivity index (χ1n) is 6.16. The second-order valence-corrected chi connectivity index (χ2v) is 4.47. The molecule has 2 heterocycles. The number of aromatic nitrogens is 2. The van der Waals surface area contributed by atoms with E-state index >= 15 is 0 Å². The molecular weight excluding hydrogens is 236 g/mol. The van der Waals surface area contributed by atoms with Gasteiger partial charge in [0.05, 0.1) is 11.5 Å². The van der Waals surface area contributed by atoms with Gasteiger partial charge in [-0.1, -0.05) is 0 Å². The zero-order valence-electron chi connectivity index (χ0n) is 10.7. The number of anilines is 1. The zero-order valence-corrected chi connectivity index (χ0v) is 10.7. The highest BCUT2D eigenvalue weighted by Crippen LogP contribution is 2.28. The maximum Gasteiger partial charge on any atom is 0.333 e. The van der Waals surface area contributed by atoms with Gasteiger partial charge in [-0.05, 0) is 20.3 Å². The van der Waals surface area contributed by atoms with Crippen LogP contribution in [0.5, 0.6) is 0 Å². The largest absolute Gasteiger partial charge is 0.381 e. The van der Waals surface area contributed by atoms with Crippen molar-refractivity contribution in [2.45, 2.75) is 26.8 Å². The van der Waals surface area contributed by atoms with Gasteiger partial charge in [-0.25, -0.2) is 4.68 Å². The summed E-state index contributed by atoms with van der Waals surface area (Å²) in [5, 5.41) is 18.4. The summed E-state index contributed by atoms with van der Waals surface area (Å²) in [5.41, 5.74) is 0.530. The number of hydrogen-bond acceptors (Lipinski definition) is 5. The maximum atomic E-state index is 11.1. The topological polar surface area (TPSA) is 82.2 Å². The third-order valence-corrected chi connectivity index (χ3v) is 3.16. The maximum absolute atomic E-state index is 11.1. The molecule has 1 aromatic rings. The first-order chi connectivity index (χ1) is 8.63. The van der Waals surface area contributed by atoms with Crippen molar-refractivity contribution in [1.29, 1.82) is 0 Å². The molecule has 1 unspecified atom stereocenters. The SMILES string of the molecule is CCn1nc(C)c([N+](=O)[O-])c1NCC1CCOC1. The normalized spacial score (nSPS) is 19.1. The third-order valence-electron chi connectivity index (χ3n) is 3.16. The fourth-order valence-corrected chi connectivity index (χ4v) is 2.18. The molecule has 7 nitrogen and oxygen atoms in total. The lowest BCUT2D eigenvalue weighted by atomic mass is 10.1. The molecule has 1 aliphatic rings. The molecule has 0 spiro atoms. The lowest BCUT2D eigenvalue weighted by molar-refractivity contribution is -0.384. The lowest BCUT2D eigenvalue weighted by Crippen LogP contribution is -2.17. The Morgan fingerprint density at radius 3 is 3.00 bits per heavy atom. The van der Waals surface area contributed by atoms with Crippen molar-refractivity contribution in [3.8, 4) is 0 Å². The summed E-state index contributed by atoms with van der Waals surface area (Å²) in [6, 6.07) is 0. The number of nitrogens with zero attached hydrogens (tertiary/aromatic N) is 3. The molecule has 1 saturated heterocycles. The van der Waals surface area contributed by atoms with E-state index in [2.05, 4.69) is 10.4 Å². The minimum absolute atomic E-state index is 0.0794. The van der Waals surface area contributed by atoms with Gasteiger partial charge in [0, 0.05) is 25.6 Å². The first kappa shape index (κ1) is 12.8. The van der Waals surface area contributed by atoms with Crippen molar-refractivity contribution in [3.63, 3.8) is 0 Å². The number of rotatable bonds is 5. The molecule has 0 amide bonds. The predicted octanol–water partition coefficient (Wildman–Crippen LogP) is 1.57. The average molecular weight is 254 g/mol. The summed E-state index contributed by atoms with van der Waals surface area (Å²) in [4.78, 5) is 10.7. The van der Waals surface area contributed by atoms with Crippen LogP contribution >= 0.6 is 0 Å². The first-order valence-corrected chi connectivity index (χ1v) is 6.16. The molecule has 1 atom stereocenters. The molecule has 0 radical (unpaired) electrons. The van der Waals surface area contributed by atoms with Crippen LogP contribution in [0.25, 0.3) is 0 Å². The van der Waals surface area contributed by atoms with E-state index in [1.165, 1.54) is 0 Å². The molecule has 0 bridgehead atoms. The number of nitrogens with one attached hydrogen (secondary N) is 1. The molecule has 0 aromatic carbocycles. The minimum atomic E-state index is -0.373. The molecule has 2 rings (SSSR count). The van der Waals surface area contributed by atoms with Gasteiger partial charge < -0.3 is 10.1 Å². The van der Waals surface area contributed by atoms with Gasteiger partial charge in [0.25, 0.3) is 0 Å². The van der Waals surface area contributed by atoms with Crippen LogP contribution in [0, 0.1) is 23.0 Å². The molecule has 1 aliphatic heterocycles. The highest BCUT2D eigenvalue weighted by atomic mass is 16.6. The van der Waals surface area contributed by atoms with Gasteiger partial charge in [0.2, 0.25) is 5.82 Å². The average Bonchev–Trinajstić information content (AvgIpc) is 2.92. The van der Waals surface area contributed by atoms with Gasteiger partial charge >= 0.3 is 5.69 Å². The Morgan fingerprint density at radius 1 is 1.67 bits per heavy atom. The molecular formula is C11H18N4O3. The number of aryl methyl sites for hydroxylation is 2. The van der Waals surface area contributed by atoms with E-state index in [1.807, 2.05) is 6.92 Å². The minimum Gasteiger partial charge on any atom is -0.381 e. The summed E-state index contributed by atoms with van der Waals surface area (Å²) >= 11 is 0. The highest BCUT2D eigenvalue weighted by Gasteiger charge is 2.25. The van der Waals surface area contributed by atoms with Crippen molar-refractivity contribution < 1.29 is 9.66 Å². The molecule has 100 valence electrons. The number of hydrogen-bond donors (Lipinski definition) is 1. The van der Waals surface area contributed by atoms with Crippen LogP contribution in [0.1, 0.15) is 19.0 Å². The Labute approximate surface area is 105 Å². The van der Waals surface area contributed by atoms with Crippen molar-refractivity contribution in [2.75, 3.05) is 25.1 Å². The monoisotopic (exact) mass is 254 g/mol. The molecule has 0 aliphatic carbocycles. The fourth-order valence-electron chi connectivity index (χ4n) is 2.18. The Balaban J connectivity index is 2.15. The number of ether oxygens (including phenoxy) is 1. The van der Waals surface area contributed by atoms with Crippen molar-refractivity contribution in [2.24, 2.45) is 5.92 Å². The van der Waals surface area contributed by atoms with E-state index in [9.17, 15) is 10.1 Å². The fraction of sp³-hybridized carbons (Fsp3) is 0.727. The third kappa shape index (κ3) is 2.45. The van der Waals surface area contributed by atoms with Gasteiger partial charge in [-0.3, -0.25) is 10.1 Å². The van der Waals surface area contributed by atoms with Crippen molar-refractivity contribution in [3.05, 3.63) is 15.8 Å². The summed E-state index contributed by atoms with van der Waals surface area (Å²) in [5.74, 6) is 0.928. The van der Waals surface area contributed by atoms with Gasteiger partial charge in [-0.15, -0.1) is 0 Å². The van der Waals surface area contributed by atoms with Crippen LogP contribution in [0.4, 0.5) is 11.5 Å². The molecule has 0 saturated carbocycles. The van der Waals surface area contributed by atoms with Crippen molar-refractivity contribution >= 4 is 11.5 Å². The van der Waals surface area contributed by atoms with E-state index in [0.717, 1.165) is 19.6 Å². The van der Waals surface area contributed by atoms with Crippen LogP contribution in [0.15, 0.2) is 0 Å². The molecule has 18 heavy (non-hydrogen) atoms. The van der Waals surface area contributed by atoms with E-state index in [0.29, 0.717) is 30.5 Å². The van der Waals surface area contributed by atoms with E-state index in [4.69, 9.17) is 4.74 Å². The standard InChI is InChI=1S/C11H18N4O3/c1-3-14-11(10(15(16)17)8(2)13-14)12-6-9-4-5-18-7-9/h9,12H,3-7H2,1-2H3. The summed E-state index contributed by atoms with van der Waals surface area (Å²) in [6.45, 7) is 6.37. The molecule has 1 N–H and O–H groups in total. The molecule has 1 fully saturated rings. The Hall–Kier alpha value is -1.63.